The van der Waals surface area contributed by atoms with E-state index in [0.29, 0.717) is 18.5 Å². The van der Waals surface area contributed by atoms with Crippen LogP contribution in [0.3, 0.4) is 0 Å². The first-order chi connectivity index (χ1) is 8.79. The average Bonchev–Trinajstić information content (AvgIpc) is 3.21. The molecule has 0 aromatic heterocycles. The van der Waals surface area contributed by atoms with Crippen LogP contribution in [0.2, 0.25) is 0 Å². The highest BCUT2D eigenvalue weighted by atomic mass is 16.5. The first kappa shape index (κ1) is 12.9. The molecule has 1 aromatic carbocycles. The van der Waals surface area contributed by atoms with Crippen LogP contribution in [0.4, 0.5) is 0 Å². The zero-order valence-electron chi connectivity index (χ0n) is 10.4. The summed E-state index contributed by atoms with van der Waals surface area (Å²) in [5, 5.41) is 11.4. The summed E-state index contributed by atoms with van der Waals surface area (Å²) < 4.78 is 5.60. The molecule has 98 valence electrons. The topological polar surface area (TPSA) is 58.6 Å². The molecule has 0 atom stereocenters. The zero-order valence-corrected chi connectivity index (χ0v) is 10.4. The van der Waals surface area contributed by atoms with Crippen molar-refractivity contribution in [3.8, 4) is 5.75 Å². The van der Waals surface area contributed by atoms with Crippen molar-refractivity contribution in [2.24, 2.45) is 5.92 Å². The SMILES string of the molecule is O=C(NCCCO)c1ccc(OCC2CC2)cc1. The number of ether oxygens (including phenoxy) is 1. The minimum absolute atomic E-state index is 0.0915. The van der Waals surface area contributed by atoms with Gasteiger partial charge in [0.2, 0.25) is 0 Å². The summed E-state index contributed by atoms with van der Waals surface area (Å²) >= 11 is 0. The number of hydrogen-bond acceptors (Lipinski definition) is 3. The number of carbonyl (C=O) groups excluding carboxylic acids is 1. The van der Waals surface area contributed by atoms with Gasteiger partial charge < -0.3 is 15.2 Å². The largest absolute Gasteiger partial charge is 0.493 e. The van der Waals surface area contributed by atoms with E-state index in [1.165, 1.54) is 12.8 Å². The van der Waals surface area contributed by atoms with Crippen LogP contribution in [0.5, 0.6) is 5.75 Å². The molecule has 1 aliphatic rings. The number of aliphatic hydroxyl groups is 1. The van der Waals surface area contributed by atoms with Crippen molar-refractivity contribution in [2.75, 3.05) is 19.8 Å². The molecule has 1 fully saturated rings. The lowest BCUT2D eigenvalue weighted by molar-refractivity contribution is 0.0951. The third-order valence-electron chi connectivity index (χ3n) is 2.92. The van der Waals surface area contributed by atoms with Crippen molar-refractivity contribution in [2.45, 2.75) is 19.3 Å². The summed E-state index contributed by atoms with van der Waals surface area (Å²) in [4.78, 5) is 11.7. The van der Waals surface area contributed by atoms with Crippen molar-refractivity contribution >= 4 is 5.91 Å². The fourth-order valence-corrected chi connectivity index (χ4v) is 1.58. The quantitative estimate of drug-likeness (QED) is 0.721. The molecule has 0 saturated heterocycles. The number of rotatable bonds is 7. The molecule has 1 aromatic rings. The van der Waals surface area contributed by atoms with Gasteiger partial charge in [0.1, 0.15) is 5.75 Å². The van der Waals surface area contributed by atoms with Gasteiger partial charge in [0.15, 0.2) is 0 Å². The van der Waals surface area contributed by atoms with Gasteiger partial charge in [-0.05, 0) is 49.4 Å². The molecule has 4 heteroatoms. The summed E-state index contributed by atoms with van der Waals surface area (Å²) in [6.45, 7) is 1.37. The van der Waals surface area contributed by atoms with E-state index in [9.17, 15) is 4.79 Å². The van der Waals surface area contributed by atoms with Gasteiger partial charge in [0.25, 0.3) is 5.91 Å². The second kappa shape index (κ2) is 6.40. The molecule has 0 aliphatic heterocycles. The van der Waals surface area contributed by atoms with Crippen molar-refractivity contribution in [1.29, 1.82) is 0 Å². The van der Waals surface area contributed by atoms with Gasteiger partial charge in [0, 0.05) is 18.7 Å². The molecule has 1 saturated carbocycles. The lowest BCUT2D eigenvalue weighted by Gasteiger charge is -2.07. The Morgan fingerprint density at radius 1 is 1.33 bits per heavy atom. The first-order valence-corrected chi connectivity index (χ1v) is 6.41. The van der Waals surface area contributed by atoms with E-state index in [1.54, 1.807) is 12.1 Å². The van der Waals surface area contributed by atoms with Crippen LogP contribution < -0.4 is 10.1 Å². The summed E-state index contributed by atoms with van der Waals surface area (Å²) in [6.07, 6.45) is 3.12. The molecule has 0 radical (unpaired) electrons. The maximum atomic E-state index is 11.7. The number of hydrogen-bond donors (Lipinski definition) is 2. The Bertz CT molecular complexity index is 385. The van der Waals surface area contributed by atoms with E-state index >= 15 is 0 Å². The third kappa shape index (κ3) is 4.04. The fraction of sp³-hybridized carbons (Fsp3) is 0.500. The summed E-state index contributed by atoms with van der Waals surface area (Å²) in [5.74, 6) is 1.43. The van der Waals surface area contributed by atoms with Crippen molar-refractivity contribution in [3.63, 3.8) is 0 Å². The van der Waals surface area contributed by atoms with Gasteiger partial charge in [-0.25, -0.2) is 0 Å². The standard InChI is InChI=1S/C14H19NO3/c16-9-1-8-15-14(17)12-4-6-13(7-5-12)18-10-11-2-3-11/h4-7,11,16H,1-3,8-10H2,(H,15,17). The van der Waals surface area contributed by atoms with Crippen molar-refractivity contribution in [1.82, 2.24) is 5.32 Å². The van der Waals surface area contributed by atoms with E-state index in [2.05, 4.69) is 5.32 Å². The Morgan fingerprint density at radius 3 is 2.67 bits per heavy atom. The molecule has 0 unspecified atom stereocenters. The number of nitrogens with one attached hydrogen (secondary N) is 1. The summed E-state index contributed by atoms with van der Waals surface area (Å²) in [6, 6.07) is 7.17. The van der Waals surface area contributed by atoms with Crippen LogP contribution in [0, 0.1) is 5.92 Å². The molecule has 0 bridgehead atoms. The van der Waals surface area contributed by atoms with E-state index in [0.717, 1.165) is 18.3 Å². The minimum atomic E-state index is -0.114. The fourth-order valence-electron chi connectivity index (χ4n) is 1.58. The molecule has 2 rings (SSSR count). The van der Waals surface area contributed by atoms with Crippen LogP contribution in [0.25, 0.3) is 0 Å². The summed E-state index contributed by atoms with van der Waals surface area (Å²) in [5.41, 5.74) is 0.617. The van der Waals surface area contributed by atoms with Crippen LogP contribution in [-0.2, 0) is 0 Å². The van der Waals surface area contributed by atoms with Gasteiger partial charge in [-0.2, -0.15) is 0 Å². The van der Waals surface area contributed by atoms with Crippen molar-refractivity contribution in [3.05, 3.63) is 29.8 Å². The second-order valence-electron chi connectivity index (χ2n) is 4.61. The van der Waals surface area contributed by atoms with Gasteiger partial charge in [-0.1, -0.05) is 0 Å². The highest BCUT2D eigenvalue weighted by Crippen LogP contribution is 2.29. The molecule has 18 heavy (non-hydrogen) atoms. The molecule has 1 amide bonds. The first-order valence-electron chi connectivity index (χ1n) is 6.41. The average molecular weight is 249 g/mol. The number of carbonyl (C=O) groups is 1. The van der Waals surface area contributed by atoms with Crippen molar-refractivity contribution < 1.29 is 14.6 Å². The van der Waals surface area contributed by atoms with Crippen LogP contribution in [0.15, 0.2) is 24.3 Å². The number of aliphatic hydroxyl groups excluding tert-OH is 1. The lowest BCUT2D eigenvalue weighted by atomic mass is 10.2. The molecule has 4 nitrogen and oxygen atoms in total. The summed E-state index contributed by atoms with van der Waals surface area (Å²) in [7, 11) is 0. The van der Waals surface area contributed by atoms with Gasteiger partial charge >= 0.3 is 0 Å². The maximum Gasteiger partial charge on any atom is 0.251 e. The zero-order chi connectivity index (χ0) is 12.8. The van der Waals surface area contributed by atoms with E-state index in [4.69, 9.17) is 9.84 Å². The van der Waals surface area contributed by atoms with E-state index < -0.39 is 0 Å². The smallest absolute Gasteiger partial charge is 0.251 e. The minimum Gasteiger partial charge on any atom is -0.493 e. The molecule has 0 heterocycles. The Hall–Kier alpha value is -1.55. The Morgan fingerprint density at radius 2 is 2.06 bits per heavy atom. The predicted octanol–water partition coefficient (Wildman–Crippen LogP) is 1.59. The Balaban J connectivity index is 1.79. The second-order valence-corrected chi connectivity index (χ2v) is 4.61. The Labute approximate surface area is 107 Å². The third-order valence-corrected chi connectivity index (χ3v) is 2.92. The van der Waals surface area contributed by atoms with E-state index in [1.807, 2.05) is 12.1 Å². The molecular weight excluding hydrogens is 230 g/mol. The van der Waals surface area contributed by atoms with Crippen LogP contribution in [0.1, 0.15) is 29.6 Å². The van der Waals surface area contributed by atoms with Gasteiger partial charge in [-0.3, -0.25) is 4.79 Å². The Kier molecular flexibility index (Phi) is 4.59. The molecule has 0 spiro atoms. The van der Waals surface area contributed by atoms with Gasteiger partial charge in [-0.15, -0.1) is 0 Å². The molecule has 2 N–H and O–H groups in total. The maximum absolute atomic E-state index is 11.7. The van der Waals surface area contributed by atoms with Crippen LogP contribution >= 0.6 is 0 Å². The lowest BCUT2D eigenvalue weighted by Crippen LogP contribution is -2.24. The molecule has 1 aliphatic carbocycles. The van der Waals surface area contributed by atoms with Gasteiger partial charge in [0.05, 0.1) is 6.61 Å². The number of amides is 1. The predicted molar refractivity (Wildman–Crippen MR) is 68.7 cm³/mol. The highest BCUT2D eigenvalue weighted by molar-refractivity contribution is 5.94. The monoisotopic (exact) mass is 249 g/mol. The van der Waals surface area contributed by atoms with E-state index in [-0.39, 0.29) is 12.5 Å². The highest BCUT2D eigenvalue weighted by Gasteiger charge is 2.21. The van der Waals surface area contributed by atoms with Crippen LogP contribution in [-0.4, -0.2) is 30.8 Å². The molecular formula is C14H19NO3. The number of benzene rings is 1. The normalized spacial score (nSPS) is 14.3.